The van der Waals surface area contributed by atoms with Gasteiger partial charge in [-0.05, 0) is 61.7 Å². The van der Waals surface area contributed by atoms with Gasteiger partial charge in [0, 0.05) is 12.2 Å². The quantitative estimate of drug-likeness (QED) is 0.568. The maximum atomic E-state index is 12.2. The van der Waals surface area contributed by atoms with Crippen molar-refractivity contribution in [2.45, 2.75) is 32.3 Å². The Kier molecular flexibility index (Phi) is 6.66. The van der Waals surface area contributed by atoms with E-state index in [9.17, 15) is 4.79 Å². The number of carbonyl (C=O) groups is 1. The van der Waals surface area contributed by atoms with Gasteiger partial charge in [0.05, 0.1) is 5.75 Å². The lowest BCUT2D eigenvalue weighted by molar-refractivity contribution is -0.113. The van der Waals surface area contributed by atoms with E-state index in [2.05, 4.69) is 58.1 Å². The van der Waals surface area contributed by atoms with Gasteiger partial charge in [-0.15, -0.1) is 10.2 Å². The molecule has 6 heteroatoms. The third-order valence-corrected chi connectivity index (χ3v) is 5.01. The summed E-state index contributed by atoms with van der Waals surface area (Å²) in [5, 5.41) is 15.3. The van der Waals surface area contributed by atoms with Crippen LogP contribution >= 0.6 is 11.8 Å². The summed E-state index contributed by atoms with van der Waals surface area (Å²) in [7, 11) is 0. The van der Waals surface area contributed by atoms with Gasteiger partial charge in [0.2, 0.25) is 5.91 Å². The van der Waals surface area contributed by atoms with Crippen molar-refractivity contribution < 1.29 is 4.79 Å². The van der Waals surface area contributed by atoms with Gasteiger partial charge in [-0.3, -0.25) is 4.79 Å². The van der Waals surface area contributed by atoms with Gasteiger partial charge in [0.15, 0.2) is 0 Å². The van der Waals surface area contributed by atoms with Crippen LogP contribution in [0.1, 0.15) is 22.3 Å². The van der Waals surface area contributed by atoms with E-state index in [-0.39, 0.29) is 11.7 Å². The van der Waals surface area contributed by atoms with Crippen molar-refractivity contribution in [2.75, 3.05) is 16.4 Å². The molecule has 0 aliphatic rings. The third-order valence-electron chi connectivity index (χ3n) is 4.09. The molecule has 0 aliphatic heterocycles. The molecule has 0 atom stereocenters. The average Bonchev–Trinajstić information content (AvgIpc) is 2.66. The van der Waals surface area contributed by atoms with Crippen molar-refractivity contribution in [2.24, 2.45) is 0 Å². The normalized spacial score (nSPS) is 10.5. The second kappa shape index (κ2) is 9.37. The molecule has 0 fully saturated rings. The van der Waals surface area contributed by atoms with Crippen LogP contribution in [0.2, 0.25) is 0 Å². The fourth-order valence-corrected chi connectivity index (χ4v) is 3.39. The molecule has 3 aromatic rings. The number of aryl methyl sites for hydroxylation is 3. The van der Waals surface area contributed by atoms with Crippen molar-refractivity contribution in [3.05, 3.63) is 76.9 Å². The molecule has 0 saturated heterocycles. The zero-order chi connectivity index (χ0) is 19.9. The first-order chi connectivity index (χ1) is 13.5. The number of hydrogen-bond acceptors (Lipinski definition) is 5. The van der Waals surface area contributed by atoms with Crippen LogP contribution in [-0.4, -0.2) is 21.9 Å². The topological polar surface area (TPSA) is 66.9 Å². The summed E-state index contributed by atoms with van der Waals surface area (Å²) in [6, 6.07) is 18.1. The summed E-state index contributed by atoms with van der Waals surface area (Å²) < 4.78 is 0. The van der Waals surface area contributed by atoms with E-state index in [1.165, 1.54) is 22.9 Å². The summed E-state index contributed by atoms with van der Waals surface area (Å²) >= 11 is 1.37. The SMILES string of the molecule is Cc1ccc(CNc2ccc(SCC(=O)Nc3cc(C)cc(C)c3)nn2)cc1. The van der Waals surface area contributed by atoms with Crippen LogP contribution < -0.4 is 10.6 Å². The van der Waals surface area contributed by atoms with Crippen LogP contribution in [0.3, 0.4) is 0 Å². The number of rotatable bonds is 7. The number of benzene rings is 2. The molecule has 0 aliphatic carbocycles. The molecule has 0 saturated carbocycles. The first kappa shape index (κ1) is 19.9. The molecule has 1 heterocycles. The van der Waals surface area contributed by atoms with E-state index in [1.54, 1.807) is 0 Å². The number of aromatic nitrogens is 2. The van der Waals surface area contributed by atoms with E-state index in [1.807, 2.05) is 38.1 Å². The number of amides is 1. The molecule has 0 bridgehead atoms. The summed E-state index contributed by atoms with van der Waals surface area (Å²) in [5.74, 6) is 0.945. The Morgan fingerprint density at radius 3 is 2.25 bits per heavy atom. The minimum Gasteiger partial charge on any atom is -0.365 e. The van der Waals surface area contributed by atoms with E-state index < -0.39 is 0 Å². The zero-order valence-corrected chi connectivity index (χ0v) is 17.1. The van der Waals surface area contributed by atoms with E-state index in [0.29, 0.717) is 12.4 Å². The third kappa shape index (κ3) is 6.09. The van der Waals surface area contributed by atoms with Gasteiger partial charge < -0.3 is 10.6 Å². The van der Waals surface area contributed by atoms with Gasteiger partial charge in [-0.2, -0.15) is 0 Å². The van der Waals surface area contributed by atoms with Crippen LogP contribution in [0.25, 0.3) is 0 Å². The first-order valence-electron chi connectivity index (χ1n) is 9.12. The molecule has 1 amide bonds. The fraction of sp³-hybridized carbons (Fsp3) is 0.227. The minimum absolute atomic E-state index is 0.0571. The second-order valence-corrected chi connectivity index (χ2v) is 7.80. The Balaban J connectivity index is 1.47. The standard InChI is InChI=1S/C22H24N4OS/c1-15-4-6-18(7-5-15)13-23-20-8-9-22(26-25-20)28-14-21(27)24-19-11-16(2)10-17(3)12-19/h4-12H,13-14H2,1-3H3,(H,23,25)(H,24,27). The largest absolute Gasteiger partial charge is 0.365 e. The molecule has 5 nitrogen and oxygen atoms in total. The minimum atomic E-state index is -0.0571. The molecule has 144 valence electrons. The molecule has 2 N–H and O–H groups in total. The van der Waals surface area contributed by atoms with Crippen molar-refractivity contribution >= 4 is 29.2 Å². The summed E-state index contributed by atoms with van der Waals surface area (Å²) in [5.41, 5.74) is 5.51. The van der Waals surface area contributed by atoms with E-state index >= 15 is 0 Å². The Labute approximate surface area is 170 Å². The lowest BCUT2D eigenvalue weighted by Crippen LogP contribution is -2.14. The second-order valence-electron chi connectivity index (χ2n) is 6.81. The molecular weight excluding hydrogens is 368 g/mol. The Morgan fingerprint density at radius 1 is 0.893 bits per heavy atom. The maximum Gasteiger partial charge on any atom is 0.234 e. The van der Waals surface area contributed by atoms with Gasteiger partial charge in [0.25, 0.3) is 0 Å². The number of nitrogens with zero attached hydrogens (tertiary/aromatic N) is 2. The number of nitrogens with one attached hydrogen (secondary N) is 2. The van der Waals surface area contributed by atoms with Crippen LogP contribution in [0, 0.1) is 20.8 Å². The monoisotopic (exact) mass is 392 g/mol. The summed E-state index contributed by atoms with van der Waals surface area (Å²) in [6.45, 7) is 6.80. The highest BCUT2D eigenvalue weighted by Gasteiger charge is 2.06. The van der Waals surface area contributed by atoms with Crippen molar-refractivity contribution in [1.29, 1.82) is 0 Å². The first-order valence-corrected chi connectivity index (χ1v) is 10.1. The van der Waals surface area contributed by atoms with Gasteiger partial charge in [0.1, 0.15) is 10.8 Å². The number of thioether (sulfide) groups is 1. The molecule has 28 heavy (non-hydrogen) atoms. The average molecular weight is 393 g/mol. The molecule has 3 rings (SSSR count). The number of carbonyl (C=O) groups excluding carboxylic acids is 1. The van der Waals surface area contributed by atoms with Crippen LogP contribution in [0.4, 0.5) is 11.5 Å². The Bertz CT molecular complexity index is 920. The van der Waals surface area contributed by atoms with Crippen LogP contribution in [-0.2, 0) is 11.3 Å². The zero-order valence-electron chi connectivity index (χ0n) is 16.3. The molecule has 0 unspecified atom stereocenters. The molecule has 0 spiro atoms. The van der Waals surface area contributed by atoms with Gasteiger partial charge in [-0.1, -0.05) is 47.7 Å². The summed E-state index contributed by atoms with van der Waals surface area (Å²) in [4.78, 5) is 12.2. The van der Waals surface area contributed by atoms with Crippen LogP contribution in [0.15, 0.2) is 59.6 Å². The van der Waals surface area contributed by atoms with Crippen molar-refractivity contribution in [1.82, 2.24) is 10.2 Å². The molecule has 2 aromatic carbocycles. The number of hydrogen-bond donors (Lipinski definition) is 2. The fourth-order valence-electron chi connectivity index (χ4n) is 2.77. The lowest BCUT2D eigenvalue weighted by atomic mass is 10.1. The molecule has 1 aromatic heterocycles. The van der Waals surface area contributed by atoms with Gasteiger partial charge >= 0.3 is 0 Å². The van der Waals surface area contributed by atoms with Crippen molar-refractivity contribution in [3.8, 4) is 0 Å². The highest BCUT2D eigenvalue weighted by Crippen LogP contribution is 2.18. The lowest BCUT2D eigenvalue weighted by Gasteiger charge is -2.08. The summed E-state index contributed by atoms with van der Waals surface area (Å²) in [6.07, 6.45) is 0. The van der Waals surface area contributed by atoms with Gasteiger partial charge in [-0.25, -0.2) is 0 Å². The molecular formula is C22H24N4OS. The number of anilines is 2. The maximum absolute atomic E-state index is 12.2. The highest BCUT2D eigenvalue weighted by atomic mass is 32.2. The van der Waals surface area contributed by atoms with Crippen LogP contribution in [0.5, 0.6) is 0 Å². The Morgan fingerprint density at radius 2 is 1.61 bits per heavy atom. The highest BCUT2D eigenvalue weighted by molar-refractivity contribution is 7.99. The van der Waals surface area contributed by atoms with E-state index in [4.69, 9.17) is 0 Å². The van der Waals surface area contributed by atoms with Crippen molar-refractivity contribution in [3.63, 3.8) is 0 Å². The smallest absolute Gasteiger partial charge is 0.234 e. The van der Waals surface area contributed by atoms with E-state index in [0.717, 1.165) is 21.8 Å². The Hall–Kier alpha value is -2.86. The molecule has 0 radical (unpaired) electrons. The predicted molar refractivity (Wildman–Crippen MR) is 116 cm³/mol. The predicted octanol–water partition coefficient (Wildman–Crippen LogP) is 4.74.